The average molecular weight is 341 g/mol. The minimum Gasteiger partial charge on any atom is -0.391 e. The number of halogens is 1. The SMILES string of the molecule is Cc1c(Br)cccc1C(=O)N1CC(O)CC1CN(C)C. The number of aliphatic hydroxyl groups excluding tert-OH is 1. The van der Waals surface area contributed by atoms with Gasteiger partial charge in [0.05, 0.1) is 6.10 Å². The highest BCUT2D eigenvalue weighted by Crippen LogP contribution is 2.25. The Kier molecular flexibility index (Phi) is 4.83. The highest BCUT2D eigenvalue weighted by Gasteiger charge is 2.35. The van der Waals surface area contributed by atoms with Gasteiger partial charge in [0.2, 0.25) is 0 Å². The number of likely N-dealkylation sites (tertiary alicyclic amines) is 1. The maximum Gasteiger partial charge on any atom is 0.254 e. The number of hydrogen-bond donors (Lipinski definition) is 1. The van der Waals surface area contributed by atoms with Gasteiger partial charge in [0, 0.05) is 29.2 Å². The van der Waals surface area contributed by atoms with Gasteiger partial charge in [-0.15, -0.1) is 0 Å². The lowest BCUT2D eigenvalue weighted by Crippen LogP contribution is -2.41. The van der Waals surface area contributed by atoms with Crippen molar-refractivity contribution in [1.29, 1.82) is 0 Å². The highest BCUT2D eigenvalue weighted by atomic mass is 79.9. The summed E-state index contributed by atoms with van der Waals surface area (Å²) in [6.45, 7) is 3.13. The summed E-state index contributed by atoms with van der Waals surface area (Å²) in [4.78, 5) is 16.6. The van der Waals surface area contributed by atoms with Crippen LogP contribution in [0.5, 0.6) is 0 Å². The molecule has 5 heteroatoms. The Bertz CT molecular complexity index is 505. The normalized spacial score (nSPS) is 22.6. The maximum atomic E-state index is 12.7. The fourth-order valence-corrected chi connectivity index (χ4v) is 3.10. The predicted octanol–water partition coefficient (Wildman–Crippen LogP) is 1.89. The smallest absolute Gasteiger partial charge is 0.254 e. The van der Waals surface area contributed by atoms with E-state index in [4.69, 9.17) is 0 Å². The van der Waals surface area contributed by atoms with Crippen molar-refractivity contribution in [3.05, 3.63) is 33.8 Å². The van der Waals surface area contributed by atoms with E-state index in [1.54, 1.807) is 4.90 Å². The molecule has 1 heterocycles. The third kappa shape index (κ3) is 3.22. The van der Waals surface area contributed by atoms with Gasteiger partial charge in [0.1, 0.15) is 0 Å². The first-order valence-electron chi connectivity index (χ1n) is 6.79. The van der Waals surface area contributed by atoms with Crippen molar-refractivity contribution in [2.75, 3.05) is 27.2 Å². The van der Waals surface area contributed by atoms with Crippen LogP contribution in [0.2, 0.25) is 0 Å². The topological polar surface area (TPSA) is 43.8 Å². The van der Waals surface area contributed by atoms with Gasteiger partial charge in [-0.3, -0.25) is 4.79 Å². The first kappa shape index (κ1) is 15.5. The zero-order valence-electron chi connectivity index (χ0n) is 12.1. The van der Waals surface area contributed by atoms with Crippen molar-refractivity contribution in [2.45, 2.75) is 25.5 Å². The minimum absolute atomic E-state index is 0.00667. The van der Waals surface area contributed by atoms with Gasteiger partial charge in [-0.05, 0) is 45.1 Å². The van der Waals surface area contributed by atoms with Crippen LogP contribution in [0.4, 0.5) is 0 Å². The molecule has 1 fully saturated rings. The van der Waals surface area contributed by atoms with Crippen molar-refractivity contribution < 1.29 is 9.90 Å². The monoisotopic (exact) mass is 340 g/mol. The van der Waals surface area contributed by atoms with E-state index in [9.17, 15) is 9.90 Å². The van der Waals surface area contributed by atoms with Crippen molar-refractivity contribution in [3.63, 3.8) is 0 Å². The molecule has 1 saturated heterocycles. The van der Waals surface area contributed by atoms with Crippen molar-refractivity contribution in [2.24, 2.45) is 0 Å². The number of amides is 1. The molecular formula is C15H21BrN2O2. The molecule has 4 nitrogen and oxygen atoms in total. The molecule has 0 bridgehead atoms. The maximum absolute atomic E-state index is 12.7. The van der Waals surface area contributed by atoms with Crippen LogP contribution >= 0.6 is 15.9 Å². The molecule has 0 saturated carbocycles. The van der Waals surface area contributed by atoms with E-state index in [1.165, 1.54) is 0 Å². The van der Waals surface area contributed by atoms with Crippen LogP contribution in [0.3, 0.4) is 0 Å². The Morgan fingerprint density at radius 2 is 2.20 bits per heavy atom. The fraction of sp³-hybridized carbons (Fsp3) is 0.533. The summed E-state index contributed by atoms with van der Waals surface area (Å²) in [6.07, 6.45) is 0.230. The van der Waals surface area contributed by atoms with Crippen LogP contribution in [0.1, 0.15) is 22.3 Å². The first-order valence-corrected chi connectivity index (χ1v) is 7.58. The summed E-state index contributed by atoms with van der Waals surface area (Å²) in [5.41, 5.74) is 1.65. The molecule has 2 unspecified atom stereocenters. The summed E-state index contributed by atoms with van der Waals surface area (Å²) in [5.74, 6) is 0.00667. The molecule has 0 aromatic heterocycles. The van der Waals surface area contributed by atoms with E-state index >= 15 is 0 Å². The number of nitrogens with zero attached hydrogens (tertiary/aromatic N) is 2. The number of hydrogen-bond acceptors (Lipinski definition) is 3. The Morgan fingerprint density at radius 3 is 2.85 bits per heavy atom. The van der Waals surface area contributed by atoms with E-state index in [0.29, 0.717) is 18.5 Å². The molecule has 1 aromatic carbocycles. The molecule has 1 amide bonds. The third-order valence-corrected chi connectivity index (χ3v) is 4.59. The molecule has 2 rings (SSSR count). The van der Waals surface area contributed by atoms with Gasteiger partial charge in [-0.1, -0.05) is 22.0 Å². The van der Waals surface area contributed by atoms with Gasteiger partial charge in [0.25, 0.3) is 5.91 Å². The number of benzene rings is 1. The van der Waals surface area contributed by atoms with Gasteiger partial charge in [-0.2, -0.15) is 0 Å². The Balaban J connectivity index is 2.24. The molecule has 1 aliphatic heterocycles. The second kappa shape index (κ2) is 6.24. The summed E-state index contributed by atoms with van der Waals surface area (Å²) in [5, 5.41) is 9.88. The van der Waals surface area contributed by atoms with Crippen molar-refractivity contribution in [1.82, 2.24) is 9.80 Å². The summed E-state index contributed by atoms with van der Waals surface area (Å²) in [6, 6.07) is 5.73. The second-order valence-electron chi connectivity index (χ2n) is 5.68. The van der Waals surface area contributed by atoms with E-state index in [-0.39, 0.29) is 11.9 Å². The van der Waals surface area contributed by atoms with Crippen LogP contribution in [0, 0.1) is 6.92 Å². The summed E-state index contributed by atoms with van der Waals surface area (Å²) < 4.78 is 0.937. The van der Waals surface area contributed by atoms with Crippen LogP contribution in [0.25, 0.3) is 0 Å². The number of carbonyl (C=O) groups is 1. The fourth-order valence-electron chi connectivity index (χ4n) is 2.73. The lowest BCUT2D eigenvalue weighted by atomic mass is 10.1. The van der Waals surface area contributed by atoms with E-state index in [0.717, 1.165) is 16.6 Å². The van der Waals surface area contributed by atoms with Gasteiger partial charge in [0.15, 0.2) is 0 Å². The second-order valence-corrected chi connectivity index (χ2v) is 6.53. The average Bonchev–Trinajstić information content (AvgIpc) is 2.72. The van der Waals surface area contributed by atoms with Crippen LogP contribution in [-0.2, 0) is 0 Å². The predicted molar refractivity (Wildman–Crippen MR) is 82.9 cm³/mol. The molecule has 0 spiro atoms. The van der Waals surface area contributed by atoms with Crippen LogP contribution in [-0.4, -0.2) is 60.1 Å². The largest absolute Gasteiger partial charge is 0.391 e. The van der Waals surface area contributed by atoms with Crippen LogP contribution in [0.15, 0.2) is 22.7 Å². The lowest BCUT2D eigenvalue weighted by Gasteiger charge is -2.27. The zero-order valence-corrected chi connectivity index (χ0v) is 13.7. The minimum atomic E-state index is -0.420. The molecule has 20 heavy (non-hydrogen) atoms. The van der Waals surface area contributed by atoms with Crippen LogP contribution < -0.4 is 0 Å². The molecule has 2 atom stereocenters. The van der Waals surface area contributed by atoms with Crippen molar-refractivity contribution in [3.8, 4) is 0 Å². The van der Waals surface area contributed by atoms with Gasteiger partial charge < -0.3 is 14.9 Å². The number of aliphatic hydroxyl groups is 1. The number of β-amino-alcohol motifs (C(OH)–C–C–N with tert-alkyl or cyclic N) is 1. The van der Waals surface area contributed by atoms with E-state index in [2.05, 4.69) is 20.8 Å². The molecule has 1 N–H and O–H groups in total. The van der Waals surface area contributed by atoms with E-state index in [1.807, 2.05) is 39.2 Å². The molecule has 1 aliphatic rings. The Labute approximate surface area is 128 Å². The summed E-state index contributed by atoms with van der Waals surface area (Å²) in [7, 11) is 3.97. The number of likely N-dealkylation sites (N-methyl/N-ethyl adjacent to an activating group) is 1. The van der Waals surface area contributed by atoms with Gasteiger partial charge >= 0.3 is 0 Å². The molecule has 0 aliphatic carbocycles. The Hall–Kier alpha value is -0.910. The Morgan fingerprint density at radius 1 is 1.50 bits per heavy atom. The van der Waals surface area contributed by atoms with Crippen molar-refractivity contribution >= 4 is 21.8 Å². The standard InChI is InChI=1S/C15H21BrN2O2/c1-10-13(5-4-6-14(10)16)15(20)18-9-12(19)7-11(18)8-17(2)3/h4-6,11-12,19H,7-9H2,1-3H3. The number of carbonyl (C=O) groups excluding carboxylic acids is 1. The quantitative estimate of drug-likeness (QED) is 0.913. The summed E-state index contributed by atoms with van der Waals surface area (Å²) >= 11 is 3.46. The number of rotatable bonds is 3. The zero-order chi connectivity index (χ0) is 14.9. The molecule has 1 aromatic rings. The lowest BCUT2D eigenvalue weighted by molar-refractivity contribution is 0.0698. The van der Waals surface area contributed by atoms with Gasteiger partial charge in [-0.25, -0.2) is 0 Å². The molecule has 0 radical (unpaired) electrons. The third-order valence-electron chi connectivity index (χ3n) is 3.73. The molecular weight excluding hydrogens is 320 g/mol. The first-order chi connectivity index (χ1) is 9.40. The molecule has 110 valence electrons. The van der Waals surface area contributed by atoms with E-state index < -0.39 is 6.10 Å². The highest BCUT2D eigenvalue weighted by molar-refractivity contribution is 9.10.